The van der Waals surface area contributed by atoms with Crippen molar-refractivity contribution in [2.24, 2.45) is 22.9 Å². The molecule has 6 unspecified atom stereocenters. The Bertz CT molecular complexity index is 2650. The Balaban J connectivity index is 1.36. The van der Waals surface area contributed by atoms with E-state index in [0.717, 1.165) is 53.2 Å². The normalized spacial score (nSPS) is 22.3. The van der Waals surface area contributed by atoms with E-state index >= 15 is 4.79 Å². The second-order valence-corrected chi connectivity index (χ2v) is 17.3. The van der Waals surface area contributed by atoms with E-state index in [1.807, 2.05) is 42.5 Å². The zero-order valence-corrected chi connectivity index (χ0v) is 36.7. The number of nitro groups is 1. The maximum atomic E-state index is 15.5. The van der Waals surface area contributed by atoms with Gasteiger partial charge in [0.1, 0.15) is 24.1 Å². The molecule has 5 aromatic carbocycles. The fraction of sp³-hybridized carbons (Fsp3) is 0.340. The molecule has 1 heterocycles. The lowest BCUT2D eigenvalue weighted by atomic mass is 9.55. The van der Waals surface area contributed by atoms with Gasteiger partial charge in [-0.3, -0.25) is 14.9 Å². The second kappa shape index (κ2) is 20.5. The summed E-state index contributed by atoms with van der Waals surface area (Å²) in [6.45, 7) is 4.33. The quantitative estimate of drug-likeness (QED) is 0.0312. The average molecular weight is 891 g/mol. The second-order valence-electron chi connectivity index (χ2n) is 17.3. The van der Waals surface area contributed by atoms with Gasteiger partial charge in [-0.15, -0.1) is 6.58 Å². The number of aliphatic hydroxyl groups is 2. The summed E-state index contributed by atoms with van der Waals surface area (Å²) in [7, 11) is 0. The molecule has 0 radical (unpaired) electrons. The number of carbonyl (C=O) groups excluding carboxylic acids is 1. The number of nitriles is 1. The highest BCUT2D eigenvalue weighted by Crippen LogP contribution is 2.62. The number of amides is 1. The number of hydrogen-bond donors (Lipinski definition) is 3. The SMILES string of the molecule is C=CCOC12Oc3ccc(O)cc3C3C(CCCCO)C(CCCCO)C=C(C(=NOCc4ccc([N+](=O)[O-])cc4)CC1N(Cc1cccc4ccccc14)C(=O)c1ccc(C#N)cc1)C32. The third kappa shape index (κ3) is 9.31. The minimum absolute atomic E-state index is 0.00640. The third-order valence-electron chi connectivity index (χ3n) is 13.3. The molecule has 3 aliphatic rings. The summed E-state index contributed by atoms with van der Waals surface area (Å²) in [5.74, 6) is -2.37. The standard InChI is InChI=1S/C53H54N4O9/c1-2-28-64-53-49(56(52(61)38-20-16-35(32-54)17-21-38)33-40-13-9-12-37-10-3-4-14-43(37)40)31-47(55-65-34-36-18-22-41(23-19-36)57(62)63)45-29-39(11-5-7-26-58)44(15-6-8-27-59)50(51(45)53)46-30-42(60)24-25-48(46)66-53/h2-4,9-10,12-14,16-25,29-30,39,44,49-51,58-60H,1,5-8,11,15,26-28,31,33-34H2. The summed E-state index contributed by atoms with van der Waals surface area (Å²) < 4.78 is 14.5. The Kier molecular flexibility index (Phi) is 14.2. The van der Waals surface area contributed by atoms with Crippen LogP contribution in [0.25, 0.3) is 10.8 Å². The highest BCUT2D eigenvalue weighted by molar-refractivity contribution is 6.03. The van der Waals surface area contributed by atoms with Gasteiger partial charge in [0.05, 0.1) is 34.8 Å². The molecule has 1 amide bonds. The van der Waals surface area contributed by atoms with Gasteiger partial charge in [0.15, 0.2) is 0 Å². The lowest BCUT2D eigenvalue weighted by molar-refractivity contribution is -0.384. The van der Waals surface area contributed by atoms with Crippen molar-refractivity contribution >= 4 is 28.1 Å². The van der Waals surface area contributed by atoms with Crippen molar-refractivity contribution in [2.45, 2.75) is 75.8 Å². The van der Waals surface area contributed by atoms with Gasteiger partial charge in [-0.2, -0.15) is 5.26 Å². The zero-order valence-electron chi connectivity index (χ0n) is 36.7. The fourth-order valence-electron chi connectivity index (χ4n) is 10.3. The van der Waals surface area contributed by atoms with Gasteiger partial charge in [0, 0.05) is 55.4 Å². The number of rotatable bonds is 19. The van der Waals surface area contributed by atoms with E-state index in [0.29, 0.717) is 41.0 Å². The molecule has 0 aromatic heterocycles. The number of phenolic OH excluding ortho intramolecular Hbond substituents is 1. The summed E-state index contributed by atoms with van der Waals surface area (Å²) >= 11 is 0. The van der Waals surface area contributed by atoms with Crippen molar-refractivity contribution in [1.82, 2.24) is 4.90 Å². The smallest absolute Gasteiger partial charge is 0.269 e. The minimum atomic E-state index is -1.57. The summed E-state index contributed by atoms with van der Waals surface area (Å²) in [6.07, 6.45) is 8.18. The number of phenols is 1. The number of non-ortho nitro benzene ring substituents is 1. The van der Waals surface area contributed by atoms with Gasteiger partial charge < -0.3 is 34.5 Å². The highest BCUT2D eigenvalue weighted by atomic mass is 16.7. The van der Waals surface area contributed by atoms with Crippen LogP contribution in [0.5, 0.6) is 11.5 Å². The molecular formula is C53H54N4O9. The van der Waals surface area contributed by atoms with Crippen LogP contribution in [0.15, 0.2) is 139 Å². The maximum Gasteiger partial charge on any atom is 0.269 e. The maximum absolute atomic E-state index is 15.5. The topological polar surface area (TPSA) is 188 Å². The molecule has 0 spiro atoms. The fourth-order valence-corrected chi connectivity index (χ4v) is 10.3. The van der Waals surface area contributed by atoms with E-state index in [2.05, 4.69) is 18.7 Å². The van der Waals surface area contributed by atoms with Gasteiger partial charge in [0.25, 0.3) is 11.6 Å². The van der Waals surface area contributed by atoms with E-state index < -0.39 is 22.7 Å². The molecule has 1 saturated carbocycles. The van der Waals surface area contributed by atoms with Crippen LogP contribution in [0.2, 0.25) is 0 Å². The van der Waals surface area contributed by atoms with Crippen LogP contribution < -0.4 is 4.74 Å². The summed E-state index contributed by atoms with van der Waals surface area (Å²) in [4.78, 5) is 34.5. The van der Waals surface area contributed by atoms with Gasteiger partial charge >= 0.3 is 0 Å². The molecule has 0 bridgehead atoms. The molecule has 8 rings (SSSR count). The van der Waals surface area contributed by atoms with Gasteiger partial charge in [0.2, 0.25) is 5.79 Å². The molecule has 2 aliphatic carbocycles. The van der Waals surface area contributed by atoms with E-state index in [9.17, 15) is 30.7 Å². The first-order valence-corrected chi connectivity index (χ1v) is 22.6. The summed E-state index contributed by atoms with van der Waals surface area (Å²) in [5.41, 5.74) is 4.45. The molecule has 340 valence electrons. The number of oxime groups is 1. The van der Waals surface area contributed by atoms with Gasteiger partial charge in [-0.05, 0) is 120 Å². The first-order valence-electron chi connectivity index (χ1n) is 22.6. The van der Waals surface area contributed by atoms with E-state index in [1.54, 1.807) is 65.6 Å². The molecule has 66 heavy (non-hydrogen) atoms. The van der Waals surface area contributed by atoms with E-state index in [1.165, 1.54) is 12.1 Å². The zero-order chi connectivity index (χ0) is 46.2. The molecule has 1 aliphatic heterocycles. The van der Waals surface area contributed by atoms with Crippen LogP contribution in [0.4, 0.5) is 5.69 Å². The lowest BCUT2D eigenvalue weighted by Gasteiger charge is -2.60. The van der Waals surface area contributed by atoms with Gasteiger partial charge in [-0.1, -0.05) is 72.6 Å². The average Bonchev–Trinajstić information content (AvgIpc) is 3.34. The molecule has 5 aromatic rings. The predicted octanol–water partition coefficient (Wildman–Crippen LogP) is 9.50. The van der Waals surface area contributed by atoms with Crippen molar-refractivity contribution in [3.63, 3.8) is 0 Å². The molecule has 13 nitrogen and oxygen atoms in total. The van der Waals surface area contributed by atoms with Crippen molar-refractivity contribution in [3.05, 3.63) is 171 Å². The van der Waals surface area contributed by atoms with Crippen molar-refractivity contribution in [3.8, 4) is 17.6 Å². The Morgan fingerprint density at radius 3 is 2.44 bits per heavy atom. The molecule has 0 saturated heterocycles. The molecular weight excluding hydrogens is 837 g/mol. The van der Waals surface area contributed by atoms with Crippen LogP contribution >= 0.6 is 0 Å². The van der Waals surface area contributed by atoms with Crippen LogP contribution in [0.3, 0.4) is 0 Å². The minimum Gasteiger partial charge on any atom is -0.508 e. The third-order valence-corrected chi connectivity index (χ3v) is 13.3. The van der Waals surface area contributed by atoms with Crippen LogP contribution in [0.1, 0.15) is 83.5 Å². The largest absolute Gasteiger partial charge is 0.508 e. The number of unbranched alkanes of at least 4 members (excludes halogenated alkanes) is 2. The molecule has 6 atom stereocenters. The van der Waals surface area contributed by atoms with E-state index in [-0.39, 0.29) is 74.5 Å². The molecule has 3 N–H and O–H groups in total. The molecule has 13 heteroatoms. The van der Waals surface area contributed by atoms with Gasteiger partial charge in [-0.25, -0.2) is 0 Å². The monoisotopic (exact) mass is 890 g/mol. The Labute approximate surface area is 384 Å². The predicted molar refractivity (Wildman–Crippen MR) is 249 cm³/mol. The number of carbonyl (C=O) groups is 1. The highest BCUT2D eigenvalue weighted by Gasteiger charge is 2.65. The number of aliphatic hydroxyl groups excluding tert-OH is 2. The summed E-state index contributed by atoms with van der Waals surface area (Å²) in [5, 5.41) is 59.0. The number of allylic oxidation sites excluding steroid dienone is 1. The van der Waals surface area contributed by atoms with Crippen molar-refractivity contribution in [1.29, 1.82) is 5.26 Å². The van der Waals surface area contributed by atoms with Crippen LogP contribution in [-0.2, 0) is 22.7 Å². The number of fused-ring (bicyclic) bond motifs is 3. The number of benzene rings is 5. The van der Waals surface area contributed by atoms with Crippen molar-refractivity contribution in [2.75, 3.05) is 19.8 Å². The number of ether oxygens (including phenoxy) is 2. The Hall–Kier alpha value is -6.85. The Morgan fingerprint density at radius 1 is 0.970 bits per heavy atom. The number of nitrogens with zero attached hydrogens (tertiary/aromatic N) is 4. The van der Waals surface area contributed by atoms with Crippen LogP contribution in [0, 0.1) is 39.2 Å². The van der Waals surface area contributed by atoms with Crippen LogP contribution in [-0.4, -0.2) is 68.4 Å². The van der Waals surface area contributed by atoms with E-state index in [4.69, 9.17) is 19.5 Å². The lowest BCUT2D eigenvalue weighted by Crippen LogP contribution is -2.70. The number of hydrogen-bond acceptors (Lipinski definition) is 11. The first kappa shape index (κ1) is 45.7. The number of nitro benzene ring substituents is 1. The first-order chi connectivity index (χ1) is 32.2. The molecule has 1 fully saturated rings. The van der Waals surface area contributed by atoms with Crippen molar-refractivity contribution < 1.29 is 39.3 Å². The Morgan fingerprint density at radius 2 is 1.71 bits per heavy atom. The summed E-state index contributed by atoms with van der Waals surface area (Å²) in [6, 6.07) is 33.0. The number of aromatic hydroxyl groups is 1.